The minimum Gasteiger partial charge on any atom is -0.284 e. The van der Waals surface area contributed by atoms with E-state index in [0.717, 1.165) is 31.4 Å². The molecule has 0 amide bonds. The lowest BCUT2D eigenvalue weighted by Crippen LogP contribution is -2.27. The number of likely N-dealkylation sites (tertiary alicyclic amines) is 1. The Labute approximate surface area is 107 Å². The highest BCUT2D eigenvalue weighted by Gasteiger charge is 2.24. The van der Waals surface area contributed by atoms with Crippen LogP contribution in [0.1, 0.15) is 18.4 Å². The van der Waals surface area contributed by atoms with E-state index in [1.807, 2.05) is 12.3 Å². The lowest BCUT2D eigenvalue weighted by molar-refractivity contribution is 0.287. The van der Waals surface area contributed by atoms with Gasteiger partial charge in [-0.3, -0.25) is 9.88 Å². The molecule has 3 rings (SSSR count). The van der Waals surface area contributed by atoms with Gasteiger partial charge < -0.3 is 0 Å². The fourth-order valence-electron chi connectivity index (χ4n) is 2.68. The van der Waals surface area contributed by atoms with E-state index in [9.17, 15) is 0 Å². The van der Waals surface area contributed by atoms with Gasteiger partial charge in [-0.25, -0.2) is 0 Å². The second-order valence-corrected chi connectivity index (χ2v) is 4.75. The molecular formula is C15H15N3. The zero-order chi connectivity index (χ0) is 12.4. The molecule has 1 aromatic carbocycles. The molecule has 0 radical (unpaired) electrons. The summed E-state index contributed by atoms with van der Waals surface area (Å²) in [5.74, 6) is 0. The van der Waals surface area contributed by atoms with Crippen molar-refractivity contribution in [2.45, 2.75) is 25.4 Å². The summed E-state index contributed by atoms with van der Waals surface area (Å²) in [6.07, 6.45) is 3.95. The van der Waals surface area contributed by atoms with E-state index in [1.165, 1.54) is 10.9 Å². The first-order valence-corrected chi connectivity index (χ1v) is 6.35. The first-order chi connectivity index (χ1) is 8.88. The molecule has 0 saturated carbocycles. The quantitative estimate of drug-likeness (QED) is 0.806. The van der Waals surface area contributed by atoms with Gasteiger partial charge in [-0.15, -0.1) is 0 Å². The largest absolute Gasteiger partial charge is 0.284 e. The first kappa shape index (κ1) is 11.2. The van der Waals surface area contributed by atoms with Crippen LogP contribution in [0.15, 0.2) is 36.5 Å². The van der Waals surface area contributed by atoms with Crippen LogP contribution in [0.25, 0.3) is 10.9 Å². The van der Waals surface area contributed by atoms with Gasteiger partial charge in [0.25, 0.3) is 0 Å². The molecule has 1 fully saturated rings. The van der Waals surface area contributed by atoms with E-state index in [-0.39, 0.29) is 6.04 Å². The number of benzene rings is 1. The summed E-state index contributed by atoms with van der Waals surface area (Å²) < 4.78 is 0. The summed E-state index contributed by atoms with van der Waals surface area (Å²) in [5, 5.41) is 10.3. The van der Waals surface area contributed by atoms with Crippen molar-refractivity contribution in [1.82, 2.24) is 9.88 Å². The standard InChI is InChI=1S/C15H15N3/c16-10-14-7-3-9-18(14)11-13-5-1-4-12-6-2-8-17-15(12)13/h1-2,4-6,8,14H,3,7,9,11H2. The minimum atomic E-state index is 0.0731. The van der Waals surface area contributed by atoms with Crippen molar-refractivity contribution in [3.8, 4) is 6.07 Å². The average molecular weight is 237 g/mol. The number of nitrogens with zero attached hydrogens (tertiary/aromatic N) is 3. The number of fused-ring (bicyclic) bond motifs is 1. The maximum Gasteiger partial charge on any atom is 0.0981 e. The van der Waals surface area contributed by atoms with E-state index in [4.69, 9.17) is 5.26 Å². The highest BCUT2D eigenvalue weighted by molar-refractivity contribution is 5.81. The summed E-state index contributed by atoms with van der Waals surface area (Å²) in [7, 11) is 0. The smallest absolute Gasteiger partial charge is 0.0981 e. The van der Waals surface area contributed by atoms with Crippen LogP contribution < -0.4 is 0 Å². The summed E-state index contributed by atoms with van der Waals surface area (Å²) in [4.78, 5) is 6.72. The van der Waals surface area contributed by atoms with Crippen LogP contribution >= 0.6 is 0 Å². The molecule has 1 saturated heterocycles. The minimum absolute atomic E-state index is 0.0731. The predicted molar refractivity (Wildman–Crippen MR) is 70.8 cm³/mol. The van der Waals surface area contributed by atoms with Gasteiger partial charge in [0, 0.05) is 18.1 Å². The van der Waals surface area contributed by atoms with Crippen LogP contribution in [0, 0.1) is 11.3 Å². The molecule has 1 aliphatic rings. The Kier molecular flexibility index (Phi) is 2.95. The van der Waals surface area contributed by atoms with Crippen molar-refractivity contribution in [2.24, 2.45) is 0 Å². The molecule has 3 nitrogen and oxygen atoms in total. The van der Waals surface area contributed by atoms with Crippen LogP contribution in [0.4, 0.5) is 0 Å². The molecule has 0 bridgehead atoms. The van der Waals surface area contributed by atoms with Crippen LogP contribution in [0.3, 0.4) is 0 Å². The number of rotatable bonds is 2. The first-order valence-electron chi connectivity index (χ1n) is 6.35. The SMILES string of the molecule is N#CC1CCCN1Cc1cccc2cccnc12. The number of nitriles is 1. The highest BCUT2D eigenvalue weighted by atomic mass is 15.2. The van der Waals surface area contributed by atoms with Crippen LogP contribution in [0.5, 0.6) is 0 Å². The fraction of sp³-hybridized carbons (Fsp3) is 0.333. The van der Waals surface area contributed by atoms with E-state index in [0.29, 0.717) is 0 Å². The fourth-order valence-corrected chi connectivity index (χ4v) is 2.68. The summed E-state index contributed by atoms with van der Waals surface area (Å²) in [5.41, 5.74) is 2.28. The molecule has 0 spiro atoms. The van der Waals surface area contributed by atoms with Crippen molar-refractivity contribution in [3.05, 3.63) is 42.1 Å². The zero-order valence-electron chi connectivity index (χ0n) is 10.2. The maximum absolute atomic E-state index is 9.12. The molecule has 1 atom stereocenters. The average Bonchev–Trinajstić information content (AvgIpc) is 2.86. The molecule has 18 heavy (non-hydrogen) atoms. The van der Waals surface area contributed by atoms with Gasteiger partial charge in [0.1, 0.15) is 0 Å². The van der Waals surface area contributed by atoms with Crippen molar-refractivity contribution < 1.29 is 0 Å². The topological polar surface area (TPSA) is 39.9 Å². The van der Waals surface area contributed by atoms with Gasteiger partial charge in [0.2, 0.25) is 0 Å². The molecule has 0 aliphatic carbocycles. The Bertz CT molecular complexity index is 595. The Hall–Kier alpha value is -1.92. The third-order valence-electron chi connectivity index (χ3n) is 3.60. The lowest BCUT2D eigenvalue weighted by atomic mass is 10.1. The molecule has 2 aromatic rings. The Balaban J connectivity index is 1.93. The monoisotopic (exact) mass is 237 g/mol. The molecule has 1 aliphatic heterocycles. The molecular weight excluding hydrogens is 222 g/mol. The molecule has 2 heterocycles. The molecule has 1 aromatic heterocycles. The van der Waals surface area contributed by atoms with Gasteiger partial charge in [-0.2, -0.15) is 5.26 Å². The third-order valence-corrected chi connectivity index (χ3v) is 3.60. The summed E-state index contributed by atoms with van der Waals surface area (Å²) >= 11 is 0. The van der Waals surface area contributed by atoms with E-state index < -0.39 is 0 Å². The van der Waals surface area contributed by atoms with Gasteiger partial charge in [0.05, 0.1) is 17.6 Å². The van der Waals surface area contributed by atoms with Gasteiger partial charge in [-0.05, 0) is 31.0 Å². The van der Waals surface area contributed by atoms with Gasteiger partial charge in [-0.1, -0.05) is 24.3 Å². The Morgan fingerprint density at radius 3 is 3.11 bits per heavy atom. The molecule has 3 heteroatoms. The second-order valence-electron chi connectivity index (χ2n) is 4.75. The van der Waals surface area contributed by atoms with E-state index in [2.05, 4.69) is 40.2 Å². The molecule has 90 valence electrons. The number of pyridine rings is 1. The maximum atomic E-state index is 9.12. The number of para-hydroxylation sites is 1. The summed E-state index contributed by atoms with van der Waals surface area (Å²) in [6.45, 7) is 1.84. The van der Waals surface area contributed by atoms with Crippen LogP contribution in [0.2, 0.25) is 0 Å². The van der Waals surface area contributed by atoms with E-state index in [1.54, 1.807) is 0 Å². The Morgan fingerprint density at radius 1 is 1.33 bits per heavy atom. The van der Waals surface area contributed by atoms with Crippen molar-refractivity contribution in [2.75, 3.05) is 6.54 Å². The normalized spacial score (nSPS) is 20.1. The van der Waals surface area contributed by atoms with Crippen molar-refractivity contribution in [3.63, 3.8) is 0 Å². The highest BCUT2D eigenvalue weighted by Crippen LogP contribution is 2.23. The van der Waals surface area contributed by atoms with Gasteiger partial charge in [0.15, 0.2) is 0 Å². The lowest BCUT2D eigenvalue weighted by Gasteiger charge is -2.19. The van der Waals surface area contributed by atoms with Crippen molar-refractivity contribution >= 4 is 10.9 Å². The van der Waals surface area contributed by atoms with Crippen LogP contribution in [-0.4, -0.2) is 22.5 Å². The summed E-state index contributed by atoms with van der Waals surface area (Å²) in [6, 6.07) is 12.8. The molecule has 0 N–H and O–H groups in total. The van der Waals surface area contributed by atoms with Crippen LogP contribution in [-0.2, 0) is 6.54 Å². The van der Waals surface area contributed by atoms with Gasteiger partial charge >= 0.3 is 0 Å². The zero-order valence-corrected chi connectivity index (χ0v) is 10.2. The number of aromatic nitrogens is 1. The van der Waals surface area contributed by atoms with Crippen molar-refractivity contribution in [1.29, 1.82) is 5.26 Å². The molecule has 1 unspecified atom stereocenters. The third kappa shape index (κ3) is 1.96. The second kappa shape index (κ2) is 4.75. The number of hydrogen-bond acceptors (Lipinski definition) is 3. The van der Waals surface area contributed by atoms with E-state index >= 15 is 0 Å². The Morgan fingerprint density at radius 2 is 2.22 bits per heavy atom. The number of hydrogen-bond donors (Lipinski definition) is 0. The predicted octanol–water partition coefficient (Wildman–Crippen LogP) is 2.72.